The summed E-state index contributed by atoms with van der Waals surface area (Å²) in [4.78, 5) is 6.82. The van der Waals surface area contributed by atoms with Gasteiger partial charge < -0.3 is 14.8 Å². The summed E-state index contributed by atoms with van der Waals surface area (Å²) in [7, 11) is 0. The van der Waals surface area contributed by atoms with Crippen molar-refractivity contribution in [3.05, 3.63) is 83.9 Å². The molecule has 5 heteroatoms. The zero-order valence-electron chi connectivity index (χ0n) is 15.0. The van der Waals surface area contributed by atoms with Crippen LogP contribution in [-0.4, -0.2) is 26.1 Å². The van der Waals surface area contributed by atoms with Crippen molar-refractivity contribution in [3.8, 4) is 5.69 Å². The number of hydrogen-bond acceptors (Lipinski definition) is 2. The van der Waals surface area contributed by atoms with E-state index >= 15 is 0 Å². The van der Waals surface area contributed by atoms with Crippen molar-refractivity contribution in [1.82, 2.24) is 19.8 Å². The van der Waals surface area contributed by atoms with Gasteiger partial charge in [0.1, 0.15) is 0 Å². The quantitative estimate of drug-likeness (QED) is 0.706. The molecule has 0 unspecified atom stereocenters. The SMILES string of the molecule is CCN1C(=S)N[C@H](c2ccccn2)[C@H]1c1cccn1-c1ccc(C)cc1. The summed E-state index contributed by atoms with van der Waals surface area (Å²) >= 11 is 5.62. The number of likely N-dealkylation sites (N-methyl/N-ethyl adjacent to an activating group) is 1. The Morgan fingerprint density at radius 1 is 1.08 bits per heavy atom. The van der Waals surface area contributed by atoms with Crippen molar-refractivity contribution in [2.45, 2.75) is 25.9 Å². The monoisotopic (exact) mass is 362 g/mol. The Labute approximate surface area is 159 Å². The van der Waals surface area contributed by atoms with Gasteiger partial charge in [0.25, 0.3) is 0 Å². The number of nitrogens with zero attached hydrogens (tertiary/aromatic N) is 3. The van der Waals surface area contributed by atoms with E-state index in [1.807, 2.05) is 18.3 Å². The number of thiocarbonyl (C=S) groups is 1. The van der Waals surface area contributed by atoms with E-state index in [1.54, 1.807) is 0 Å². The molecule has 1 aliphatic rings. The number of pyridine rings is 1. The molecule has 0 aliphatic carbocycles. The molecule has 132 valence electrons. The molecule has 26 heavy (non-hydrogen) atoms. The molecule has 4 rings (SSSR count). The summed E-state index contributed by atoms with van der Waals surface area (Å²) in [6.07, 6.45) is 3.95. The van der Waals surface area contributed by atoms with Gasteiger partial charge in [-0.25, -0.2) is 0 Å². The maximum Gasteiger partial charge on any atom is 0.170 e. The van der Waals surface area contributed by atoms with E-state index in [0.29, 0.717) is 0 Å². The van der Waals surface area contributed by atoms with Gasteiger partial charge in [0.2, 0.25) is 0 Å². The third-order valence-electron chi connectivity index (χ3n) is 4.93. The number of benzene rings is 1. The molecule has 1 aromatic carbocycles. The van der Waals surface area contributed by atoms with E-state index in [-0.39, 0.29) is 12.1 Å². The first-order valence-electron chi connectivity index (χ1n) is 8.91. The van der Waals surface area contributed by atoms with Gasteiger partial charge in [0, 0.05) is 30.3 Å². The smallest absolute Gasteiger partial charge is 0.170 e. The Kier molecular flexibility index (Phi) is 4.47. The summed E-state index contributed by atoms with van der Waals surface area (Å²) in [5, 5.41) is 4.26. The van der Waals surface area contributed by atoms with Crippen molar-refractivity contribution in [2.24, 2.45) is 0 Å². The minimum atomic E-state index is 0.0303. The van der Waals surface area contributed by atoms with Gasteiger partial charge in [-0.05, 0) is 62.5 Å². The van der Waals surface area contributed by atoms with Gasteiger partial charge in [0.15, 0.2) is 5.11 Å². The number of aromatic nitrogens is 2. The van der Waals surface area contributed by atoms with Crippen molar-refractivity contribution in [1.29, 1.82) is 0 Å². The van der Waals surface area contributed by atoms with Gasteiger partial charge in [0.05, 0.1) is 17.8 Å². The van der Waals surface area contributed by atoms with Crippen LogP contribution >= 0.6 is 12.2 Å². The van der Waals surface area contributed by atoms with Crippen LogP contribution in [0.2, 0.25) is 0 Å². The maximum absolute atomic E-state index is 5.62. The zero-order valence-corrected chi connectivity index (χ0v) is 15.8. The number of nitrogens with one attached hydrogen (secondary N) is 1. The Morgan fingerprint density at radius 3 is 2.58 bits per heavy atom. The molecule has 0 spiro atoms. The fourth-order valence-electron chi connectivity index (χ4n) is 3.64. The van der Waals surface area contributed by atoms with E-state index in [1.165, 1.54) is 11.3 Å². The van der Waals surface area contributed by atoms with Crippen LogP contribution < -0.4 is 5.32 Å². The fourth-order valence-corrected chi connectivity index (χ4v) is 4.01. The second kappa shape index (κ2) is 6.92. The summed E-state index contributed by atoms with van der Waals surface area (Å²) in [6.45, 7) is 5.09. The van der Waals surface area contributed by atoms with Crippen LogP contribution in [0.25, 0.3) is 5.69 Å². The highest BCUT2D eigenvalue weighted by Gasteiger charge is 2.40. The van der Waals surface area contributed by atoms with E-state index in [4.69, 9.17) is 12.2 Å². The Morgan fingerprint density at radius 2 is 1.88 bits per heavy atom. The lowest BCUT2D eigenvalue weighted by molar-refractivity contribution is 0.321. The maximum atomic E-state index is 5.62. The summed E-state index contributed by atoms with van der Waals surface area (Å²) in [5.41, 5.74) is 4.63. The van der Waals surface area contributed by atoms with Crippen LogP contribution in [0.15, 0.2) is 67.0 Å². The largest absolute Gasteiger partial charge is 0.352 e. The molecular weight excluding hydrogens is 340 g/mol. The van der Waals surface area contributed by atoms with Crippen LogP contribution in [-0.2, 0) is 0 Å². The number of hydrogen-bond donors (Lipinski definition) is 1. The Balaban J connectivity index is 1.80. The summed E-state index contributed by atoms with van der Waals surface area (Å²) in [5.74, 6) is 0. The highest BCUT2D eigenvalue weighted by atomic mass is 32.1. The minimum absolute atomic E-state index is 0.0303. The molecule has 1 N–H and O–H groups in total. The van der Waals surface area contributed by atoms with Gasteiger partial charge in [-0.15, -0.1) is 0 Å². The van der Waals surface area contributed by atoms with E-state index < -0.39 is 0 Å². The van der Waals surface area contributed by atoms with Gasteiger partial charge >= 0.3 is 0 Å². The van der Waals surface area contributed by atoms with Crippen LogP contribution in [0.5, 0.6) is 0 Å². The third-order valence-corrected chi connectivity index (χ3v) is 5.29. The second-order valence-electron chi connectivity index (χ2n) is 6.55. The minimum Gasteiger partial charge on any atom is -0.352 e. The molecule has 4 nitrogen and oxygen atoms in total. The lowest BCUT2D eigenvalue weighted by Gasteiger charge is -2.28. The number of aryl methyl sites for hydroxylation is 1. The lowest BCUT2D eigenvalue weighted by atomic mass is 10.0. The van der Waals surface area contributed by atoms with E-state index in [2.05, 4.69) is 82.3 Å². The predicted octanol–water partition coefficient (Wildman–Crippen LogP) is 4.17. The highest BCUT2D eigenvalue weighted by molar-refractivity contribution is 7.80. The summed E-state index contributed by atoms with van der Waals surface area (Å²) < 4.78 is 2.25. The van der Waals surface area contributed by atoms with Crippen molar-refractivity contribution < 1.29 is 0 Å². The van der Waals surface area contributed by atoms with Crippen LogP contribution in [0, 0.1) is 6.92 Å². The second-order valence-corrected chi connectivity index (χ2v) is 6.94. The third kappa shape index (κ3) is 2.88. The first-order chi connectivity index (χ1) is 12.7. The molecule has 1 saturated heterocycles. The molecule has 0 bridgehead atoms. The molecule has 2 aromatic heterocycles. The van der Waals surface area contributed by atoms with Gasteiger partial charge in [-0.1, -0.05) is 23.8 Å². The standard InChI is InChI=1S/C21H22N4S/c1-3-24-20(19(23-21(24)26)17-7-4-5-13-22-17)18-8-6-14-25(18)16-11-9-15(2)10-12-16/h4-14,19-20H,3H2,1-2H3,(H,23,26)/t19-,20-/m1/s1. The van der Waals surface area contributed by atoms with Crippen molar-refractivity contribution in [3.63, 3.8) is 0 Å². The van der Waals surface area contributed by atoms with Crippen LogP contribution in [0.1, 0.15) is 36.0 Å². The molecule has 0 saturated carbocycles. The highest BCUT2D eigenvalue weighted by Crippen LogP contribution is 2.39. The lowest BCUT2D eigenvalue weighted by Crippen LogP contribution is -2.30. The van der Waals surface area contributed by atoms with Gasteiger partial charge in [-0.3, -0.25) is 4.98 Å². The molecule has 3 aromatic rings. The predicted molar refractivity (Wildman–Crippen MR) is 108 cm³/mol. The first kappa shape index (κ1) is 16.8. The molecule has 1 aliphatic heterocycles. The molecule has 3 heterocycles. The normalized spacial score (nSPS) is 19.6. The van der Waals surface area contributed by atoms with Crippen molar-refractivity contribution in [2.75, 3.05) is 6.54 Å². The number of rotatable bonds is 4. The average Bonchev–Trinajstić information content (AvgIpc) is 3.27. The van der Waals surface area contributed by atoms with Crippen molar-refractivity contribution >= 4 is 17.3 Å². The summed E-state index contributed by atoms with van der Waals surface area (Å²) in [6, 6.07) is 19.0. The van der Waals surface area contributed by atoms with E-state index in [9.17, 15) is 0 Å². The first-order valence-corrected chi connectivity index (χ1v) is 9.32. The Hall–Kier alpha value is -2.66. The van der Waals surface area contributed by atoms with Gasteiger partial charge in [-0.2, -0.15) is 0 Å². The Bertz CT molecular complexity index is 901. The van der Waals surface area contributed by atoms with E-state index in [0.717, 1.165) is 23.0 Å². The molecular formula is C21H22N4S. The fraction of sp³-hybridized carbons (Fsp3) is 0.238. The molecule has 0 amide bonds. The molecule has 0 radical (unpaired) electrons. The van der Waals surface area contributed by atoms with Crippen LogP contribution in [0.3, 0.4) is 0 Å². The average molecular weight is 363 g/mol. The van der Waals surface area contributed by atoms with Crippen LogP contribution in [0.4, 0.5) is 0 Å². The zero-order chi connectivity index (χ0) is 18.1. The topological polar surface area (TPSA) is 33.1 Å². The molecule has 2 atom stereocenters. The molecule has 1 fully saturated rings.